The number of aromatic nitrogens is 2. The normalized spacial score (nSPS) is 18.7. The monoisotopic (exact) mass is 549 g/mol. The Morgan fingerprint density at radius 3 is 2.46 bits per heavy atom. The highest BCUT2D eigenvalue weighted by molar-refractivity contribution is 5.85. The number of benzene rings is 1. The molecule has 1 saturated heterocycles. The highest BCUT2D eigenvalue weighted by atomic mass is 19.4. The van der Waals surface area contributed by atoms with Crippen molar-refractivity contribution in [2.75, 3.05) is 26.8 Å². The first-order valence-corrected chi connectivity index (χ1v) is 12.9. The Kier molecular flexibility index (Phi) is 8.29. The van der Waals surface area contributed by atoms with Gasteiger partial charge in [-0.1, -0.05) is 6.92 Å². The van der Waals surface area contributed by atoms with Crippen molar-refractivity contribution in [3.8, 4) is 22.8 Å². The van der Waals surface area contributed by atoms with Crippen LogP contribution in [0.25, 0.3) is 22.3 Å². The van der Waals surface area contributed by atoms with Crippen molar-refractivity contribution in [3.63, 3.8) is 0 Å². The van der Waals surface area contributed by atoms with E-state index >= 15 is 0 Å². The van der Waals surface area contributed by atoms with Crippen LogP contribution < -0.4 is 9.47 Å². The smallest absolute Gasteiger partial charge is 0.496 e. The fraction of sp³-hybridized carbons (Fsp3) is 0.500. The first kappa shape index (κ1) is 28.5. The topological polar surface area (TPSA) is 75.0 Å². The molecule has 212 valence electrons. The minimum Gasteiger partial charge on any atom is -0.496 e. The summed E-state index contributed by atoms with van der Waals surface area (Å²) < 4.78 is 61.0. The molecule has 3 aromatic rings. The molecule has 0 N–H and O–H groups in total. The van der Waals surface area contributed by atoms with Crippen molar-refractivity contribution >= 4 is 17.1 Å². The van der Waals surface area contributed by atoms with E-state index in [1.165, 1.54) is 25.3 Å². The van der Waals surface area contributed by atoms with Crippen molar-refractivity contribution in [2.24, 2.45) is 0 Å². The first-order valence-electron chi connectivity index (χ1n) is 12.9. The Balaban J connectivity index is 1.60. The third kappa shape index (κ3) is 6.41. The molecule has 1 aliphatic rings. The van der Waals surface area contributed by atoms with E-state index in [4.69, 9.17) is 19.2 Å². The van der Waals surface area contributed by atoms with Gasteiger partial charge in [-0.25, -0.2) is 9.78 Å². The molecule has 8 nitrogen and oxygen atoms in total. The van der Waals surface area contributed by atoms with Crippen molar-refractivity contribution in [3.05, 3.63) is 41.6 Å². The van der Waals surface area contributed by atoms with Crippen LogP contribution in [-0.4, -0.2) is 65.9 Å². The molecule has 0 bridgehead atoms. The lowest BCUT2D eigenvalue weighted by Crippen LogP contribution is -2.48. The number of aryl methyl sites for hydroxylation is 2. The van der Waals surface area contributed by atoms with Crippen molar-refractivity contribution in [2.45, 2.75) is 65.7 Å². The summed E-state index contributed by atoms with van der Waals surface area (Å²) >= 11 is 0. The first-order chi connectivity index (χ1) is 18.4. The van der Waals surface area contributed by atoms with Crippen LogP contribution in [0.15, 0.2) is 30.5 Å². The molecule has 3 heterocycles. The van der Waals surface area contributed by atoms with E-state index in [1.807, 2.05) is 46.9 Å². The Morgan fingerprint density at radius 1 is 1.15 bits per heavy atom. The maximum absolute atomic E-state index is 12.8. The van der Waals surface area contributed by atoms with Gasteiger partial charge in [-0.05, 0) is 63.4 Å². The second-order valence-corrected chi connectivity index (χ2v) is 9.95. The molecule has 11 heteroatoms. The number of hydrogen-bond donors (Lipinski definition) is 0. The number of rotatable bonds is 7. The zero-order valence-electron chi connectivity index (χ0n) is 23.0. The largest absolute Gasteiger partial charge is 0.573 e. The van der Waals surface area contributed by atoms with E-state index in [2.05, 4.69) is 9.30 Å². The molecule has 3 atom stereocenters. The minimum absolute atomic E-state index is 0.0467. The lowest BCUT2D eigenvalue weighted by molar-refractivity contribution is -0.274. The molecule has 0 radical (unpaired) electrons. The van der Waals surface area contributed by atoms with Crippen LogP contribution in [0.1, 0.15) is 44.4 Å². The lowest BCUT2D eigenvalue weighted by atomic mass is 10.0. The van der Waals surface area contributed by atoms with Gasteiger partial charge >= 0.3 is 12.5 Å². The van der Waals surface area contributed by atoms with Crippen LogP contribution in [-0.2, 0) is 9.47 Å². The third-order valence-electron chi connectivity index (χ3n) is 6.78. The number of halogens is 3. The zero-order valence-corrected chi connectivity index (χ0v) is 23.0. The summed E-state index contributed by atoms with van der Waals surface area (Å²) in [4.78, 5) is 19.3. The molecule has 0 spiro atoms. The quantitative estimate of drug-likeness (QED) is 0.338. The summed E-state index contributed by atoms with van der Waals surface area (Å²) in [6.07, 6.45) is -2.54. The maximum atomic E-state index is 12.8. The van der Waals surface area contributed by atoms with Crippen molar-refractivity contribution in [1.29, 1.82) is 0 Å². The van der Waals surface area contributed by atoms with E-state index < -0.39 is 6.36 Å². The number of carbonyl (C=O) groups is 1. The van der Waals surface area contributed by atoms with Crippen LogP contribution >= 0.6 is 0 Å². The summed E-state index contributed by atoms with van der Waals surface area (Å²) in [5, 5.41) is 0. The number of alkyl halides is 3. The third-order valence-corrected chi connectivity index (χ3v) is 6.78. The maximum Gasteiger partial charge on any atom is 0.573 e. The van der Waals surface area contributed by atoms with Crippen LogP contribution in [0.5, 0.6) is 11.5 Å². The molecule has 1 amide bonds. The minimum atomic E-state index is -4.80. The van der Waals surface area contributed by atoms with Crippen LogP contribution in [0, 0.1) is 13.8 Å². The fourth-order valence-corrected chi connectivity index (χ4v) is 5.05. The fourth-order valence-electron chi connectivity index (χ4n) is 5.05. The van der Waals surface area contributed by atoms with Gasteiger partial charge in [0.25, 0.3) is 0 Å². The van der Waals surface area contributed by atoms with Gasteiger partial charge in [0.2, 0.25) is 0 Å². The molecule has 2 aromatic heterocycles. The number of pyridine rings is 1. The molecule has 1 aliphatic heterocycles. The average Bonchev–Trinajstić information content (AvgIpc) is 3.17. The van der Waals surface area contributed by atoms with Crippen molar-refractivity contribution in [1.82, 2.24) is 14.5 Å². The van der Waals surface area contributed by atoms with Gasteiger partial charge in [0.15, 0.2) is 0 Å². The van der Waals surface area contributed by atoms with E-state index in [0.717, 1.165) is 28.6 Å². The molecule has 1 fully saturated rings. The highest BCUT2D eigenvalue weighted by Crippen LogP contribution is 2.37. The number of methoxy groups -OCH3 is 1. The van der Waals surface area contributed by atoms with Gasteiger partial charge < -0.3 is 28.4 Å². The van der Waals surface area contributed by atoms with Gasteiger partial charge in [0.1, 0.15) is 18.1 Å². The molecule has 0 saturated carbocycles. The number of hydrogen-bond acceptors (Lipinski definition) is 6. The van der Waals surface area contributed by atoms with Gasteiger partial charge in [-0.2, -0.15) is 0 Å². The van der Waals surface area contributed by atoms with E-state index in [9.17, 15) is 18.0 Å². The summed E-state index contributed by atoms with van der Waals surface area (Å²) in [6, 6.07) is 5.83. The molecule has 1 aromatic carbocycles. The summed E-state index contributed by atoms with van der Waals surface area (Å²) in [5.74, 6) is -0.153. The summed E-state index contributed by atoms with van der Waals surface area (Å²) in [6.45, 7) is 10.9. The van der Waals surface area contributed by atoms with E-state index in [-0.39, 0.29) is 42.4 Å². The highest BCUT2D eigenvalue weighted by Gasteiger charge is 2.32. The number of carbonyl (C=O) groups excluding carboxylic acids is 1. The standard InChI is InChI=1S/C28H34F3N3O5/c1-7-20(15-37-27(35)33-13-18(4)38-19(5)14-33)34-12-17(3)26-23(34)10-16(2)25(32-26)22-9-8-21(11-24(22)36-6)39-28(29,30)31/h8-12,18-20H,7,13-15H2,1-6H3/t18-,19?,20?/m0/s1. The molecular formula is C28H34F3N3O5. The van der Waals surface area contributed by atoms with Crippen LogP contribution in [0.2, 0.25) is 0 Å². The predicted molar refractivity (Wildman–Crippen MR) is 140 cm³/mol. The Bertz CT molecular complexity index is 1330. The van der Waals surface area contributed by atoms with Crippen molar-refractivity contribution < 1.29 is 36.9 Å². The Morgan fingerprint density at radius 2 is 1.85 bits per heavy atom. The summed E-state index contributed by atoms with van der Waals surface area (Å²) in [7, 11) is 1.39. The predicted octanol–water partition coefficient (Wildman–Crippen LogP) is 6.42. The van der Waals surface area contributed by atoms with E-state index in [0.29, 0.717) is 24.3 Å². The molecule has 2 unspecified atom stereocenters. The van der Waals surface area contributed by atoms with Gasteiger partial charge in [-0.15, -0.1) is 13.2 Å². The molecule has 4 rings (SSSR count). The number of morpholine rings is 1. The Labute approximate surface area is 225 Å². The lowest BCUT2D eigenvalue weighted by Gasteiger charge is -2.34. The average molecular weight is 550 g/mol. The van der Waals surface area contributed by atoms with Gasteiger partial charge in [0.05, 0.1) is 55.2 Å². The second kappa shape index (κ2) is 11.3. The second-order valence-electron chi connectivity index (χ2n) is 9.95. The molecular weight excluding hydrogens is 515 g/mol. The zero-order chi connectivity index (χ0) is 28.5. The van der Waals surface area contributed by atoms with Crippen LogP contribution in [0.3, 0.4) is 0 Å². The number of amides is 1. The number of ether oxygens (including phenoxy) is 4. The SMILES string of the molecule is CCC(COC(=O)N1CC(C)O[C@@H](C)C1)n1cc(C)c2nc(-c3ccc(OC(F)(F)F)cc3OC)c(C)cc21. The van der Waals surface area contributed by atoms with Gasteiger partial charge in [-0.3, -0.25) is 0 Å². The van der Waals surface area contributed by atoms with Crippen LogP contribution in [0.4, 0.5) is 18.0 Å². The molecule has 39 heavy (non-hydrogen) atoms. The van der Waals surface area contributed by atoms with Gasteiger partial charge in [0, 0.05) is 17.8 Å². The number of nitrogens with zero attached hydrogens (tertiary/aromatic N) is 3. The van der Waals surface area contributed by atoms with E-state index in [1.54, 1.807) is 4.90 Å². The summed E-state index contributed by atoms with van der Waals surface area (Å²) in [5.41, 5.74) is 4.49. The Hall–Kier alpha value is -3.47. The molecule has 0 aliphatic carbocycles. The number of fused-ring (bicyclic) bond motifs is 1.